The van der Waals surface area contributed by atoms with E-state index in [9.17, 15) is 16.8 Å². The van der Waals surface area contributed by atoms with Crippen LogP contribution in [0.5, 0.6) is 17.2 Å². The van der Waals surface area contributed by atoms with Crippen molar-refractivity contribution in [3.05, 3.63) is 48.0 Å². The maximum Gasteiger partial charge on any atom is 0.231 e. The fourth-order valence-corrected chi connectivity index (χ4v) is 8.27. The molecule has 2 heterocycles. The van der Waals surface area contributed by atoms with Crippen LogP contribution in [0.2, 0.25) is 0 Å². The molecule has 29 heavy (non-hydrogen) atoms. The first kappa shape index (κ1) is 20.0. The van der Waals surface area contributed by atoms with Crippen molar-refractivity contribution in [2.24, 2.45) is 0 Å². The molecule has 0 saturated carbocycles. The third-order valence-electron chi connectivity index (χ3n) is 5.09. The van der Waals surface area contributed by atoms with Crippen LogP contribution >= 0.6 is 0 Å². The van der Waals surface area contributed by atoms with Crippen LogP contribution < -0.4 is 19.5 Å². The first-order chi connectivity index (χ1) is 13.8. The topological polar surface area (TPSA) is 108 Å². The summed E-state index contributed by atoms with van der Waals surface area (Å²) in [4.78, 5) is 0.0790. The maximum absolute atomic E-state index is 13.1. The second-order valence-electron chi connectivity index (χ2n) is 7.01. The molecule has 2 aromatic carbocycles. The highest BCUT2D eigenvalue weighted by Gasteiger charge is 2.45. The molecule has 156 valence electrons. The molecule has 1 saturated heterocycles. The van der Waals surface area contributed by atoms with Crippen molar-refractivity contribution < 1.29 is 31.0 Å². The number of methoxy groups -OCH3 is 1. The van der Waals surface area contributed by atoms with Crippen LogP contribution in [0.3, 0.4) is 0 Å². The normalized spacial score (nSPS) is 22.5. The summed E-state index contributed by atoms with van der Waals surface area (Å²) in [5.74, 6) is 1.17. The van der Waals surface area contributed by atoms with Gasteiger partial charge in [-0.05, 0) is 42.0 Å². The molecule has 8 nitrogen and oxygen atoms in total. The summed E-state index contributed by atoms with van der Waals surface area (Å²) in [6.45, 7) is 0.473. The average molecular weight is 440 g/mol. The smallest absolute Gasteiger partial charge is 0.231 e. The molecular formula is C19H21NO7S2. The van der Waals surface area contributed by atoms with Crippen LogP contribution in [0.1, 0.15) is 5.56 Å². The molecule has 2 unspecified atom stereocenters. The fraction of sp³-hybridized carbons (Fsp3) is 0.368. The fourth-order valence-electron chi connectivity index (χ4n) is 3.55. The zero-order valence-corrected chi connectivity index (χ0v) is 17.3. The number of benzene rings is 2. The van der Waals surface area contributed by atoms with Crippen LogP contribution in [0.4, 0.5) is 0 Å². The van der Waals surface area contributed by atoms with E-state index in [1.807, 2.05) is 6.07 Å². The quantitative estimate of drug-likeness (QED) is 0.714. The van der Waals surface area contributed by atoms with E-state index in [0.717, 1.165) is 5.56 Å². The molecule has 0 aliphatic carbocycles. The van der Waals surface area contributed by atoms with Gasteiger partial charge in [0.1, 0.15) is 5.75 Å². The molecule has 2 aliphatic rings. The second-order valence-corrected chi connectivity index (χ2v) is 11.3. The Labute approximate surface area is 169 Å². The van der Waals surface area contributed by atoms with Gasteiger partial charge in [0.05, 0.1) is 28.8 Å². The predicted molar refractivity (Wildman–Crippen MR) is 106 cm³/mol. The lowest BCUT2D eigenvalue weighted by Gasteiger charge is -2.20. The molecule has 4 rings (SSSR count). The minimum Gasteiger partial charge on any atom is -0.497 e. The molecule has 1 fully saturated rings. The number of fused-ring (bicyclic) bond motifs is 1. The number of hydrogen-bond acceptors (Lipinski definition) is 8. The Morgan fingerprint density at radius 3 is 2.52 bits per heavy atom. The van der Waals surface area contributed by atoms with Crippen LogP contribution in [0.15, 0.2) is 47.4 Å². The highest BCUT2D eigenvalue weighted by atomic mass is 32.2. The van der Waals surface area contributed by atoms with E-state index in [-0.39, 0.29) is 17.4 Å². The summed E-state index contributed by atoms with van der Waals surface area (Å²) in [5.41, 5.74) is 0.846. The van der Waals surface area contributed by atoms with Crippen LogP contribution in [0.25, 0.3) is 0 Å². The highest BCUT2D eigenvalue weighted by Crippen LogP contribution is 2.33. The first-order valence-electron chi connectivity index (χ1n) is 8.99. The van der Waals surface area contributed by atoms with Gasteiger partial charge in [-0.25, -0.2) is 16.8 Å². The zero-order chi connectivity index (χ0) is 20.6. The van der Waals surface area contributed by atoms with E-state index in [1.165, 1.54) is 19.2 Å². The molecule has 2 atom stereocenters. The van der Waals surface area contributed by atoms with Gasteiger partial charge in [-0.15, -0.1) is 0 Å². The summed E-state index contributed by atoms with van der Waals surface area (Å²) in [6.07, 6.45) is 0. The second kappa shape index (κ2) is 7.51. The summed E-state index contributed by atoms with van der Waals surface area (Å²) in [5, 5.41) is 2.05. The SMILES string of the molecule is COc1ccc(S(=O)(=O)C2CS(=O)(=O)CC2NCc2ccc3c(c2)OCO3)cc1. The third-order valence-corrected chi connectivity index (χ3v) is 9.26. The standard InChI is InChI=1S/C19H21NO7S2/c1-25-14-3-5-15(6-4-14)29(23,24)19-11-28(21,22)10-16(19)20-9-13-2-7-17-18(8-13)27-12-26-17/h2-8,16,19-20H,9-12H2,1H3. The number of sulfone groups is 2. The molecule has 0 radical (unpaired) electrons. The van der Waals surface area contributed by atoms with E-state index < -0.39 is 36.7 Å². The van der Waals surface area contributed by atoms with Crippen LogP contribution in [-0.4, -0.2) is 53.5 Å². The Bertz CT molecular complexity index is 1110. The molecular weight excluding hydrogens is 418 g/mol. The van der Waals surface area contributed by atoms with Gasteiger partial charge in [0.2, 0.25) is 6.79 Å². The van der Waals surface area contributed by atoms with Crippen LogP contribution in [0, 0.1) is 0 Å². The van der Waals surface area contributed by atoms with Crippen molar-refractivity contribution >= 4 is 19.7 Å². The summed E-state index contributed by atoms with van der Waals surface area (Å²) >= 11 is 0. The van der Waals surface area contributed by atoms with Crippen LogP contribution in [-0.2, 0) is 26.2 Å². The van der Waals surface area contributed by atoms with E-state index >= 15 is 0 Å². The summed E-state index contributed by atoms with van der Waals surface area (Å²) < 4.78 is 66.4. The molecule has 0 bridgehead atoms. The number of hydrogen-bond donors (Lipinski definition) is 1. The lowest BCUT2D eigenvalue weighted by molar-refractivity contribution is 0.174. The Kier molecular flexibility index (Phi) is 5.18. The molecule has 10 heteroatoms. The van der Waals surface area contributed by atoms with Gasteiger partial charge in [-0.2, -0.15) is 0 Å². The first-order valence-corrected chi connectivity index (χ1v) is 12.4. The molecule has 0 amide bonds. The lowest BCUT2D eigenvalue weighted by atomic mass is 10.2. The van der Waals surface area contributed by atoms with E-state index in [0.29, 0.717) is 23.8 Å². The third kappa shape index (κ3) is 4.05. The van der Waals surface area contributed by atoms with Gasteiger partial charge in [0.15, 0.2) is 31.2 Å². The van der Waals surface area contributed by atoms with E-state index in [2.05, 4.69) is 5.32 Å². The summed E-state index contributed by atoms with van der Waals surface area (Å²) in [6, 6.07) is 10.7. The maximum atomic E-state index is 13.1. The van der Waals surface area contributed by atoms with Crippen molar-refractivity contribution in [2.45, 2.75) is 22.7 Å². The molecule has 0 spiro atoms. The van der Waals surface area contributed by atoms with Gasteiger partial charge >= 0.3 is 0 Å². The Morgan fingerprint density at radius 2 is 1.79 bits per heavy atom. The van der Waals surface area contributed by atoms with Crippen molar-refractivity contribution in [2.75, 3.05) is 25.4 Å². The highest BCUT2D eigenvalue weighted by molar-refractivity contribution is 7.96. The van der Waals surface area contributed by atoms with Crippen molar-refractivity contribution in [1.29, 1.82) is 0 Å². The number of nitrogens with one attached hydrogen (secondary N) is 1. The Balaban J connectivity index is 1.54. The number of rotatable bonds is 6. The van der Waals surface area contributed by atoms with Crippen molar-refractivity contribution in [3.63, 3.8) is 0 Å². The average Bonchev–Trinajstić information content (AvgIpc) is 3.29. The minimum atomic E-state index is -3.84. The monoisotopic (exact) mass is 439 g/mol. The Morgan fingerprint density at radius 1 is 1.07 bits per heavy atom. The molecule has 2 aliphatic heterocycles. The lowest BCUT2D eigenvalue weighted by Crippen LogP contribution is -2.43. The van der Waals surface area contributed by atoms with E-state index in [1.54, 1.807) is 24.3 Å². The molecule has 0 aromatic heterocycles. The largest absolute Gasteiger partial charge is 0.497 e. The van der Waals surface area contributed by atoms with Crippen molar-refractivity contribution in [1.82, 2.24) is 5.32 Å². The van der Waals surface area contributed by atoms with Gasteiger partial charge in [0.25, 0.3) is 0 Å². The van der Waals surface area contributed by atoms with Gasteiger partial charge in [-0.3, -0.25) is 0 Å². The molecule has 2 aromatic rings. The minimum absolute atomic E-state index is 0.0790. The predicted octanol–water partition coefficient (Wildman–Crippen LogP) is 1.15. The van der Waals surface area contributed by atoms with E-state index in [4.69, 9.17) is 14.2 Å². The molecule has 1 N–H and O–H groups in total. The number of ether oxygens (including phenoxy) is 3. The zero-order valence-electron chi connectivity index (χ0n) is 15.7. The summed E-state index contributed by atoms with van der Waals surface area (Å²) in [7, 11) is -5.82. The van der Waals surface area contributed by atoms with Gasteiger partial charge < -0.3 is 19.5 Å². The Hall–Kier alpha value is -2.30. The van der Waals surface area contributed by atoms with Crippen molar-refractivity contribution in [3.8, 4) is 17.2 Å². The van der Waals surface area contributed by atoms with Gasteiger partial charge in [-0.1, -0.05) is 6.07 Å². The van der Waals surface area contributed by atoms with Gasteiger partial charge in [0, 0.05) is 12.6 Å².